The van der Waals surface area contributed by atoms with E-state index in [2.05, 4.69) is 61.8 Å². The lowest BCUT2D eigenvalue weighted by molar-refractivity contribution is -0.876. The number of nitrogens with zero attached hydrogens (tertiary/aromatic N) is 1. The molecule has 0 fully saturated rings. The standard InChI is InChI=1S/C19H36N/c1-9-10-11-12-18-16(3)13-15(2)17(4)19(18,5)14-20(6,7)8/h13,18H,9-12,14H2,1-8H3/q+1. The van der Waals surface area contributed by atoms with E-state index in [1.165, 1.54) is 37.8 Å². The molecule has 0 aliphatic heterocycles. The van der Waals surface area contributed by atoms with Crippen molar-refractivity contribution in [1.29, 1.82) is 0 Å². The topological polar surface area (TPSA) is 0 Å². The maximum atomic E-state index is 2.50. The summed E-state index contributed by atoms with van der Waals surface area (Å²) >= 11 is 0. The molecular formula is C19H36N+. The molecule has 0 saturated carbocycles. The minimum absolute atomic E-state index is 0.314. The van der Waals surface area contributed by atoms with E-state index < -0.39 is 0 Å². The molecule has 1 heteroatoms. The molecule has 0 aromatic heterocycles. The summed E-state index contributed by atoms with van der Waals surface area (Å²) < 4.78 is 1.04. The summed E-state index contributed by atoms with van der Waals surface area (Å²) in [5.74, 6) is 0.718. The Morgan fingerprint density at radius 1 is 1.10 bits per heavy atom. The maximum Gasteiger partial charge on any atom is 0.0878 e. The van der Waals surface area contributed by atoms with Crippen LogP contribution in [0, 0.1) is 11.3 Å². The van der Waals surface area contributed by atoms with Gasteiger partial charge < -0.3 is 4.48 Å². The monoisotopic (exact) mass is 278 g/mol. The molecule has 0 saturated heterocycles. The van der Waals surface area contributed by atoms with E-state index in [-0.39, 0.29) is 0 Å². The van der Waals surface area contributed by atoms with Gasteiger partial charge in [0.25, 0.3) is 0 Å². The molecule has 1 nitrogen and oxygen atoms in total. The second kappa shape index (κ2) is 6.47. The van der Waals surface area contributed by atoms with Crippen LogP contribution in [0.3, 0.4) is 0 Å². The first-order chi connectivity index (χ1) is 9.12. The molecule has 2 atom stereocenters. The Kier molecular flexibility index (Phi) is 5.66. The molecule has 0 amide bonds. The molecule has 0 spiro atoms. The fraction of sp³-hybridized carbons (Fsp3) is 0.789. The molecule has 0 N–H and O–H groups in total. The Morgan fingerprint density at radius 3 is 2.20 bits per heavy atom. The third-order valence-electron chi connectivity index (χ3n) is 5.11. The lowest BCUT2D eigenvalue weighted by Crippen LogP contribution is -2.49. The van der Waals surface area contributed by atoms with Gasteiger partial charge in [-0.2, -0.15) is 0 Å². The van der Waals surface area contributed by atoms with Crippen LogP contribution in [0.4, 0.5) is 0 Å². The van der Waals surface area contributed by atoms with E-state index in [1.807, 2.05) is 0 Å². The van der Waals surface area contributed by atoms with E-state index in [0.29, 0.717) is 5.41 Å². The normalized spacial score (nSPS) is 27.8. The van der Waals surface area contributed by atoms with E-state index in [1.54, 1.807) is 11.1 Å². The van der Waals surface area contributed by atoms with Crippen LogP contribution >= 0.6 is 0 Å². The van der Waals surface area contributed by atoms with Crippen molar-refractivity contribution in [1.82, 2.24) is 0 Å². The minimum Gasteiger partial charge on any atom is -0.330 e. The molecule has 2 unspecified atom stereocenters. The number of hydrogen-bond donors (Lipinski definition) is 0. The van der Waals surface area contributed by atoms with Crippen LogP contribution in [-0.2, 0) is 0 Å². The summed E-state index contributed by atoms with van der Waals surface area (Å²) in [6.45, 7) is 13.0. The number of rotatable bonds is 6. The summed E-state index contributed by atoms with van der Waals surface area (Å²) in [6.07, 6.45) is 7.83. The molecule has 1 aliphatic carbocycles. The average molecular weight is 279 g/mol. The predicted octanol–water partition coefficient (Wildman–Crippen LogP) is 5.19. The smallest absolute Gasteiger partial charge is 0.0878 e. The zero-order valence-corrected chi connectivity index (χ0v) is 15.1. The highest BCUT2D eigenvalue weighted by Gasteiger charge is 2.43. The third kappa shape index (κ3) is 3.97. The molecular weight excluding hydrogens is 242 g/mol. The predicted molar refractivity (Wildman–Crippen MR) is 90.8 cm³/mol. The fourth-order valence-corrected chi connectivity index (χ4v) is 4.12. The summed E-state index contributed by atoms with van der Waals surface area (Å²) in [4.78, 5) is 0. The van der Waals surface area contributed by atoms with Gasteiger partial charge in [0.2, 0.25) is 0 Å². The quantitative estimate of drug-likeness (QED) is 0.463. The number of quaternary nitrogens is 1. The molecule has 0 aromatic rings. The Labute approximate surface area is 127 Å². The van der Waals surface area contributed by atoms with Gasteiger partial charge in [-0.25, -0.2) is 0 Å². The van der Waals surface area contributed by atoms with Crippen molar-refractivity contribution in [2.24, 2.45) is 11.3 Å². The molecule has 0 aromatic carbocycles. The van der Waals surface area contributed by atoms with Crippen molar-refractivity contribution in [3.8, 4) is 0 Å². The van der Waals surface area contributed by atoms with Gasteiger partial charge in [0.05, 0.1) is 27.7 Å². The number of allylic oxidation sites excluding steroid dienone is 3. The van der Waals surface area contributed by atoms with Gasteiger partial charge in [-0.3, -0.25) is 0 Å². The van der Waals surface area contributed by atoms with Crippen LogP contribution in [0.15, 0.2) is 22.8 Å². The van der Waals surface area contributed by atoms with E-state index in [4.69, 9.17) is 0 Å². The minimum atomic E-state index is 0.314. The van der Waals surface area contributed by atoms with Gasteiger partial charge in [-0.15, -0.1) is 0 Å². The molecule has 0 bridgehead atoms. The third-order valence-corrected chi connectivity index (χ3v) is 5.11. The molecule has 20 heavy (non-hydrogen) atoms. The van der Waals surface area contributed by atoms with Crippen molar-refractivity contribution >= 4 is 0 Å². The highest BCUT2D eigenvalue weighted by atomic mass is 15.3. The van der Waals surface area contributed by atoms with Crippen LogP contribution in [0.1, 0.15) is 60.3 Å². The van der Waals surface area contributed by atoms with Crippen LogP contribution in [0.2, 0.25) is 0 Å². The fourth-order valence-electron chi connectivity index (χ4n) is 4.12. The Hall–Kier alpha value is -0.560. The van der Waals surface area contributed by atoms with Gasteiger partial charge in [0, 0.05) is 5.41 Å². The van der Waals surface area contributed by atoms with E-state index in [9.17, 15) is 0 Å². The molecule has 1 rings (SSSR count). The van der Waals surface area contributed by atoms with Crippen molar-refractivity contribution in [3.05, 3.63) is 22.8 Å². The lowest BCUT2D eigenvalue weighted by Gasteiger charge is -2.46. The van der Waals surface area contributed by atoms with Gasteiger partial charge in [-0.1, -0.05) is 49.0 Å². The summed E-state index contributed by atoms with van der Waals surface area (Å²) in [6, 6.07) is 0. The van der Waals surface area contributed by atoms with Gasteiger partial charge >= 0.3 is 0 Å². The van der Waals surface area contributed by atoms with Crippen molar-refractivity contribution in [3.63, 3.8) is 0 Å². The molecule has 1 aliphatic rings. The first-order valence-corrected chi connectivity index (χ1v) is 8.28. The highest BCUT2D eigenvalue weighted by Crippen LogP contribution is 2.47. The van der Waals surface area contributed by atoms with Gasteiger partial charge in [0.15, 0.2) is 0 Å². The van der Waals surface area contributed by atoms with Gasteiger partial charge in [0.1, 0.15) is 0 Å². The van der Waals surface area contributed by atoms with E-state index >= 15 is 0 Å². The Balaban J connectivity index is 3.07. The largest absolute Gasteiger partial charge is 0.330 e. The lowest BCUT2D eigenvalue weighted by atomic mass is 9.62. The second-order valence-electron chi connectivity index (χ2n) is 8.11. The first-order valence-electron chi connectivity index (χ1n) is 8.28. The van der Waals surface area contributed by atoms with E-state index in [0.717, 1.165) is 10.4 Å². The summed E-state index contributed by atoms with van der Waals surface area (Å²) in [5.41, 5.74) is 5.01. The second-order valence-corrected chi connectivity index (χ2v) is 8.11. The number of hydrogen-bond acceptors (Lipinski definition) is 0. The van der Waals surface area contributed by atoms with Crippen LogP contribution < -0.4 is 0 Å². The van der Waals surface area contributed by atoms with Crippen LogP contribution in [0.25, 0.3) is 0 Å². The summed E-state index contributed by atoms with van der Waals surface area (Å²) in [5, 5.41) is 0. The maximum absolute atomic E-state index is 2.50. The highest BCUT2D eigenvalue weighted by molar-refractivity contribution is 5.37. The Bertz CT molecular complexity index is 394. The van der Waals surface area contributed by atoms with Crippen molar-refractivity contribution in [2.45, 2.75) is 60.3 Å². The average Bonchev–Trinajstić information content (AvgIpc) is 2.29. The zero-order chi connectivity index (χ0) is 15.6. The van der Waals surface area contributed by atoms with Crippen LogP contribution in [-0.4, -0.2) is 32.2 Å². The molecule has 0 heterocycles. The van der Waals surface area contributed by atoms with Crippen LogP contribution in [0.5, 0.6) is 0 Å². The zero-order valence-electron chi connectivity index (χ0n) is 15.1. The van der Waals surface area contributed by atoms with Crippen molar-refractivity contribution < 1.29 is 4.48 Å². The Morgan fingerprint density at radius 2 is 1.70 bits per heavy atom. The van der Waals surface area contributed by atoms with Crippen molar-refractivity contribution in [2.75, 3.05) is 27.7 Å². The molecule has 116 valence electrons. The SMILES string of the molecule is CCCCCC1C(C)=CC(C)=C(C)C1(C)C[N+](C)(C)C. The van der Waals surface area contributed by atoms with Gasteiger partial charge in [-0.05, 0) is 40.0 Å². The summed E-state index contributed by atoms with van der Waals surface area (Å²) in [7, 11) is 6.97. The molecule has 0 radical (unpaired) electrons. The first kappa shape index (κ1) is 17.5. The number of unbranched alkanes of at least 4 members (excludes halogenated alkanes) is 2.